The minimum absolute atomic E-state index is 0.205. The summed E-state index contributed by atoms with van der Waals surface area (Å²) in [6.45, 7) is 2.54. The van der Waals surface area contributed by atoms with Crippen LogP contribution in [0.2, 0.25) is 0 Å². The lowest BCUT2D eigenvalue weighted by Gasteiger charge is -2.34. The standard InChI is InChI=1S/C18H16BrFN4OS/c19-12-5-6-15-16(11-12)26-18(22-15)24-9-7-23(8-10-24)17(25)21-14-4-2-1-3-13(14)20/h1-6,11H,7-10H2,(H,21,25). The van der Waals surface area contributed by atoms with Crippen LogP contribution in [0, 0.1) is 5.82 Å². The molecular weight excluding hydrogens is 419 g/mol. The number of amides is 2. The third-order valence-electron chi connectivity index (χ3n) is 4.29. The Morgan fingerprint density at radius 1 is 1.15 bits per heavy atom. The van der Waals surface area contributed by atoms with Crippen LogP contribution >= 0.6 is 27.3 Å². The Hall–Kier alpha value is -2.19. The first-order valence-corrected chi connectivity index (χ1v) is 9.82. The Morgan fingerprint density at radius 2 is 1.92 bits per heavy atom. The number of aromatic nitrogens is 1. The number of fused-ring (bicyclic) bond motifs is 1. The molecule has 0 saturated carbocycles. The number of nitrogens with zero attached hydrogens (tertiary/aromatic N) is 3. The summed E-state index contributed by atoms with van der Waals surface area (Å²) in [5.74, 6) is -0.430. The van der Waals surface area contributed by atoms with Crippen molar-refractivity contribution in [3.05, 3.63) is 52.8 Å². The van der Waals surface area contributed by atoms with Crippen LogP contribution in [0.3, 0.4) is 0 Å². The minimum Gasteiger partial charge on any atom is -0.345 e. The molecule has 0 atom stereocenters. The Kier molecular flexibility index (Phi) is 4.78. The largest absolute Gasteiger partial charge is 0.345 e. The molecule has 2 amide bonds. The summed E-state index contributed by atoms with van der Waals surface area (Å²) in [5, 5.41) is 3.60. The van der Waals surface area contributed by atoms with E-state index in [1.807, 2.05) is 12.1 Å². The first-order valence-electron chi connectivity index (χ1n) is 8.22. The van der Waals surface area contributed by atoms with Gasteiger partial charge in [0.15, 0.2) is 5.13 Å². The number of carbonyl (C=O) groups excluding carboxylic acids is 1. The molecule has 1 N–H and O–H groups in total. The molecule has 1 fully saturated rings. The van der Waals surface area contributed by atoms with Gasteiger partial charge < -0.3 is 15.1 Å². The van der Waals surface area contributed by atoms with E-state index in [0.717, 1.165) is 19.8 Å². The predicted molar refractivity (Wildman–Crippen MR) is 107 cm³/mol. The summed E-state index contributed by atoms with van der Waals surface area (Å²) >= 11 is 5.13. The lowest BCUT2D eigenvalue weighted by molar-refractivity contribution is 0.208. The molecule has 1 saturated heterocycles. The monoisotopic (exact) mass is 434 g/mol. The lowest BCUT2D eigenvalue weighted by atomic mass is 10.3. The van der Waals surface area contributed by atoms with E-state index in [0.29, 0.717) is 26.2 Å². The fraction of sp³-hybridized carbons (Fsp3) is 0.222. The van der Waals surface area contributed by atoms with Crippen LogP contribution in [-0.4, -0.2) is 42.1 Å². The van der Waals surface area contributed by atoms with Crippen LogP contribution in [-0.2, 0) is 0 Å². The highest BCUT2D eigenvalue weighted by Gasteiger charge is 2.23. The fourth-order valence-electron chi connectivity index (χ4n) is 2.88. The average molecular weight is 435 g/mol. The highest BCUT2D eigenvalue weighted by molar-refractivity contribution is 9.10. The summed E-state index contributed by atoms with van der Waals surface area (Å²) in [6.07, 6.45) is 0. The summed E-state index contributed by atoms with van der Waals surface area (Å²) in [4.78, 5) is 20.9. The number of hydrogen-bond acceptors (Lipinski definition) is 4. The van der Waals surface area contributed by atoms with Crippen molar-refractivity contribution in [1.82, 2.24) is 9.88 Å². The van der Waals surface area contributed by atoms with Gasteiger partial charge >= 0.3 is 6.03 Å². The molecule has 0 spiro atoms. The first kappa shape index (κ1) is 17.2. The van der Waals surface area contributed by atoms with Gasteiger partial charge in [-0.15, -0.1) is 0 Å². The van der Waals surface area contributed by atoms with E-state index in [1.165, 1.54) is 6.07 Å². The van der Waals surface area contributed by atoms with Crippen molar-refractivity contribution in [1.29, 1.82) is 0 Å². The van der Waals surface area contributed by atoms with E-state index in [-0.39, 0.29) is 11.7 Å². The minimum atomic E-state index is -0.430. The molecule has 1 aliphatic rings. The SMILES string of the molecule is O=C(Nc1ccccc1F)N1CCN(c2nc3ccc(Br)cc3s2)CC1. The maximum atomic E-state index is 13.7. The molecule has 0 aliphatic carbocycles. The van der Waals surface area contributed by atoms with Crippen LogP contribution in [0.15, 0.2) is 46.9 Å². The highest BCUT2D eigenvalue weighted by Crippen LogP contribution is 2.31. The number of rotatable bonds is 2. The summed E-state index contributed by atoms with van der Waals surface area (Å²) < 4.78 is 15.8. The Balaban J connectivity index is 1.40. The zero-order chi connectivity index (χ0) is 18.1. The predicted octanol–water partition coefficient (Wildman–Crippen LogP) is 4.55. The summed E-state index contributed by atoms with van der Waals surface area (Å²) in [5.41, 5.74) is 1.18. The molecule has 2 heterocycles. The number of nitrogens with one attached hydrogen (secondary N) is 1. The normalized spacial score (nSPS) is 14.7. The van der Waals surface area contributed by atoms with E-state index < -0.39 is 5.82 Å². The molecule has 26 heavy (non-hydrogen) atoms. The van der Waals surface area contributed by atoms with E-state index in [1.54, 1.807) is 34.4 Å². The zero-order valence-corrected chi connectivity index (χ0v) is 16.2. The first-order chi connectivity index (χ1) is 12.6. The van der Waals surface area contributed by atoms with Gasteiger partial charge in [-0.2, -0.15) is 0 Å². The number of halogens is 2. The molecule has 8 heteroatoms. The molecule has 5 nitrogen and oxygen atoms in total. The van der Waals surface area contributed by atoms with Crippen molar-refractivity contribution in [3.8, 4) is 0 Å². The maximum absolute atomic E-state index is 13.7. The number of hydrogen-bond donors (Lipinski definition) is 1. The number of urea groups is 1. The number of anilines is 2. The van der Waals surface area contributed by atoms with Crippen molar-refractivity contribution in [2.45, 2.75) is 0 Å². The van der Waals surface area contributed by atoms with Crippen LogP contribution in [0.1, 0.15) is 0 Å². The molecule has 2 aromatic carbocycles. The van der Waals surface area contributed by atoms with Gasteiger partial charge in [-0.25, -0.2) is 14.2 Å². The second kappa shape index (κ2) is 7.20. The molecular formula is C18H16BrFN4OS. The lowest BCUT2D eigenvalue weighted by Crippen LogP contribution is -2.50. The summed E-state index contributed by atoms with van der Waals surface area (Å²) in [7, 11) is 0. The topological polar surface area (TPSA) is 48.5 Å². The Labute approximate surface area is 162 Å². The fourth-order valence-corrected chi connectivity index (χ4v) is 4.45. The molecule has 1 aliphatic heterocycles. The van der Waals surface area contributed by atoms with Crippen LogP contribution < -0.4 is 10.2 Å². The smallest absolute Gasteiger partial charge is 0.322 e. The average Bonchev–Trinajstić information content (AvgIpc) is 3.07. The highest BCUT2D eigenvalue weighted by atomic mass is 79.9. The van der Waals surface area contributed by atoms with Crippen LogP contribution in [0.25, 0.3) is 10.2 Å². The van der Waals surface area contributed by atoms with Gasteiger partial charge in [-0.1, -0.05) is 39.4 Å². The molecule has 1 aromatic heterocycles. The van der Waals surface area contributed by atoms with Gasteiger partial charge in [-0.05, 0) is 30.3 Å². The number of thiazole rings is 1. The number of benzene rings is 2. The van der Waals surface area contributed by atoms with Gasteiger partial charge in [0.1, 0.15) is 5.82 Å². The van der Waals surface area contributed by atoms with E-state index >= 15 is 0 Å². The Morgan fingerprint density at radius 3 is 2.69 bits per heavy atom. The molecule has 0 radical (unpaired) electrons. The molecule has 4 rings (SSSR count). The van der Waals surface area contributed by atoms with Crippen molar-refractivity contribution in [2.24, 2.45) is 0 Å². The van der Waals surface area contributed by atoms with E-state index in [4.69, 9.17) is 0 Å². The quantitative estimate of drug-likeness (QED) is 0.643. The Bertz CT molecular complexity index is 955. The molecule has 0 unspecified atom stereocenters. The molecule has 0 bridgehead atoms. The van der Waals surface area contributed by atoms with E-state index in [2.05, 4.69) is 37.2 Å². The van der Waals surface area contributed by atoms with Crippen LogP contribution in [0.5, 0.6) is 0 Å². The zero-order valence-electron chi connectivity index (χ0n) is 13.8. The summed E-state index contributed by atoms with van der Waals surface area (Å²) in [6, 6.07) is 12.0. The second-order valence-corrected chi connectivity index (χ2v) is 7.92. The van der Waals surface area contributed by atoms with Gasteiger partial charge in [0, 0.05) is 30.7 Å². The van der Waals surface area contributed by atoms with Crippen molar-refractivity contribution in [2.75, 3.05) is 36.4 Å². The number of carbonyl (C=O) groups is 1. The third kappa shape index (κ3) is 3.52. The maximum Gasteiger partial charge on any atom is 0.322 e. The molecule has 134 valence electrons. The number of para-hydroxylation sites is 1. The van der Waals surface area contributed by atoms with E-state index in [9.17, 15) is 9.18 Å². The van der Waals surface area contributed by atoms with Crippen molar-refractivity contribution >= 4 is 54.3 Å². The van der Waals surface area contributed by atoms with Crippen molar-refractivity contribution < 1.29 is 9.18 Å². The molecule has 3 aromatic rings. The second-order valence-electron chi connectivity index (χ2n) is 5.99. The van der Waals surface area contributed by atoms with Gasteiger partial charge in [-0.3, -0.25) is 0 Å². The van der Waals surface area contributed by atoms with Gasteiger partial charge in [0.25, 0.3) is 0 Å². The van der Waals surface area contributed by atoms with Gasteiger partial charge in [0.2, 0.25) is 0 Å². The third-order valence-corrected chi connectivity index (χ3v) is 5.86. The van der Waals surface area contributed by atoms with Crippen LogP contribution in [0.4, 0.5) is 20.0 Å². The van der Waals surface area contributed by atoms with Gasteiger partial charge in [0.05, 0.1) is 15.9 Å². The number of piperazine rings is 1. The van der Waals surface area contributed by atoms with Crippen molar-refractivity contribution in [3.63, 3.8) is 0 Å².